The Morgan fingerprint density at radius 1 is 1.61 bits per heavy atom. The molecule has 5 nitrogen and oxygen atoms in total. The van der Waals surface area contributed by atoms with E-state index in [1.807, 2.05) is 6.92 Å². The van der Waals surface area contributed by atoms with E-state index in [0.717, 1.165) is 6.42 Å². The summed E-state index contributed by atoms with van der Waals surface area (Å²) in [6.45, 7) is 6.63. The van der Waals surface area contributed by atoms with Crippen LogP contribution < -0.4 is 11.1 Å². The summed E-state index contributed by atoms with van der Waals surface area (Å²) >= 11 is 0. The van der Waals surface area contributed by atoms with Crippen LogP contribution in [0.4, 0.5) is 0 Å². The van der Waals surface area contributed by atoms with Gasteiger partial charge in [-0.1, -0.05) is 13.8 Å². The number of imidazole rings is 1. The molecule has 0 saturated carbocycles. The molecule has 0 saturated heterocycles. The first-order valence-corrected chi connectivity index (χ1v) is 5.87. The van der Waals surface area contributed by atoms with Gasteiger partial charge in [-0.2, -0.15) is 0 Å². The molecular formula is C12H23ClN4O. The van der Waals surface area contributed by atoms with Gasteiger partial charge >= 0.3 is 0 Å². The lowest BCUT2D eigenvalue weighted by atomic mass is 9.90. The molecule has 0 bridgehead atoms. The molecule has 1 atom stereocenters. The van der Waals surface area contributed by atoms with Gasteiger partial charge in [0.25, 0.3) is 5.91 Å². The van der Waals surface area contributed by atoms with Gasteiger partial charge in [0.1, 0.15) is 5.69 Å². The summed E-state index contributed by atoms with van der Waals surface area (Å²) in [5.41, 5.74) is 5.94. The number of nitrogens with one attached hydrogen (secondary N) is 1. The summed E-state index contributed by atoms with van der Waals surface area (Å²) < 4.78 is 1.70. The molecule has 104 valence electrons. The number of hydrogen-bond acceptors (Lipinski definition) is 3. The molecule has 18 heavy (non-hydrogen) atoms. The van der Waals surface area contributed by atoms with Crippen LogP contribution in [0.25, 0.3) is 0 Å². The second-order valence-corrected chi connectivity index (χ2v) is 5.21. The number of carbonyl (C=O) groups is 1. The third-order valence-corrected chi connectivity index (χ3v) is 2.77. The Bertz CT molecular complexity index is 391. The fraction of sp³-hybridized carbons (Fsp3) is 0.667. The highest BCUT2D eigenvalue weighted by Crippen LogP contribution is 2.16. The van der Waals surface area contributed by atoms with Crippen molar-refractivity contribution in [1.82, 2.24) is 14.9 Å². The summed E-state index contributed by atoms with van der Waals surface area (Å²) in [5, 5.41) is 2.99. The third kappa shape index (κ3) is 4.31. The van der Waals surface area contributed by atoms with E-state index in [1.54, 1.807) is 24.1 Å². The number of amides is 1. The highest BCUT2D eigenvalue weighted by atomic mass is 35.5. The minimum absolute atomic E-state index is 0. The molecule has 1 aromatic rings. The van der Waals surface area contributed by atoms with Crippen molar-refractivity contribution < 1.29 is 4.79 Å². The van der Waals surface area contributed by atoms with Gasteiger partial charge in [0.15, 0.2) is 0 Å². The van der Waals surface area contributed by atoms with Crippen LogP contribution in [0.2, 0.25) is 0 Å². The SMILES string of the molecule is CC(C)CC(C)(CN)NC(=O)c1cncn1C.Cl. The molecule has 1 aromatic heterocycles. The number of carbonyl (C=O) groups excluding carboxylic acids is 1. The zero-order valence-electron chi connectivity index (χ0n) is 11.4. The number of nitrogens with two attached hydrogens (primary N) is 1. The predicted octanol–water partition coefficient (Wildman–Crippen LogP) is 1.34. The fourth-order valence-corrected chi connectivity index (χ4v) is 2.00. The lowest BCUT2D eigenvalue weighted by molar-refractivity contribution is 0.0890. The van der Waals surface area contributed by atoms with E-state index in [9.17, 15) is 4.79 Å². The van der Waals surface area contributed by atoms with Crippen molar-refractivity contribution in [3.05, 3.63) is 18.2 Å². The molecule has 0 fully saturated rings. The normalized spacial score (nSPS) is 13.9. The molecule has 1 heterocycles. The molecule has 1 unspecified atom stereocenters. The monoisotopic (exact) mass is 274 g/mol. The summed E-state index contributed by atoms with van der Waals surface area (Å²) in [6.07, 6.45) is 4.02. The Hall–Kier alpha value is -1.07. The maximum atomic E-state index is 12.1. The van der Waals surface area contributed by atoms with E-state index in [-0.39, 0.29) is 23.9 Å². The first-order valence-electron chi connectivity index (χ1n) is 5.87. The van der Waals surface area contributed by atoms with Gasteiger partial charge in [0, 0.05) is 13.6 Å². The molecule has 0 spiro atoms. The Kier molecular flexibility index (Phi) is 6.35. The van der Waals surface area contributed by atoms with Gasteiger partial charge in [0.2, 0.25) is 0 Å². The average Bonchev–Trinajstić information content (AvgIpc) is 2.63. The van der Waals surface area contributed by atoms with Crippen molar-refractivity contribution in [1.29, 1.82) is 0 Å². The van der Waals surface area contributed by atoms with Crippen LogP contribution in [-0.4, -0.2) is 27.5 Å². The molecule has 0 aliphatic carbocycles. The topological polar surface area (TPSA) is 72.9 Å². The van der Waals surface area contributed by atoms with Crippen LogP contribution >= 0.6 is 12.4 Å². The van der Waals surface area contributed by atoms with Crippen molar-refractivity contribution in [2.45, 2.75) is 32.7 Å². The molecule has 3 N–H and O–H groups in total. The fourth-order valence-electron chi connectivity index (χ4n) is 2.00. The Morgan fingerprint density at radius 2 is 2.22 bits per heavy atom. The van der Waals surface area contributed by atoms with Gasteiger partial charge in [0.05, 0.1) is 18.1 Å². The molecular weight excluding hydrogens is 252 g/mol. The Morgan fingerprint density at radius 3 is 2.61 bits per heavy atom. The average molecular weight is 275 g/mol. The minimum Gasteiger partial charge on any atom is -0.344 e. The van der Waals surface area contributed by atoms with Crippen LogP contribution in [0.15, 0.2) is 12.5 Å². The van der Waals surface area contributed by atoms with Crippen molar-refractivity contribution in [2.75, 3.05) is 6.54 Å². The second kappa shape index (κ2) is 6.75. The largest absolute Gasteiger partial charge is 0.344 e. The predicted molar refractivity (Wildman–Crippen MR) is 74.8 cm³/mol. The standard InChI is InChI=1S/C12H22N4O.ClH/c1-9(2)5-12(3,7-13)15-11(17)10-6-14-8-16(10)4;/h6,8-9H,5,7,13H2,1-4H3,(H,15,17);1H. The molecule has 0 aliphatic heterocycles. The zero-order valence-corrected chi connectivity index (χ0v) is 12.3. The van der Waals surface area contributed by atoms with Crippen molar-refractivity contribution in [2.24, 2.45) is 18.7 Å². The smallest absolute Gasteiger partial charge is 0.270 e. The highest BCUT2D eigenvalue weighted by Gasteiger charge is 2.27. The lowest BCUT2D eigenvalue weighted by Gasteiger charge is -2.31. The van der Waals surface area contributed by atoms with Crippen LogP contribution in [0, 0.1) is 5.92 Å². The van der Waals surface area contributed by atoms with Crippen molar-refractivity contribution >= 4 is 18.3 Å². The zero-order chi connectivity index (χ0) is 13.1. The quantitative estimate of drug-likeness (QED) is 0.851. The van der Waals surface area contributed by atoms with E-state index in [1.165, 1.54) is 0 Å². The van der Waals surface area contributed by atoms with Gasteiger partial charge < -0.3 is 15.6 Å². The number of hydrogen-bond donors (Lipinski definition) is 2. The van der Waals surface area contributed by atoms with Crippen LogP contribution in [0.1, 0.15) is 37.7 Å². The number of aromatic nitrogens is 2. The van der Waals surface area contributed by atoms with E-state index >= 15 is 0 Å². The summed E-state index contributed by atoms with van der Waals surface area (Å²) in [6, 6.07) is 0. The second-order valence-electron chi connectivity index (χ2n) is 5.21. The molecule has 1 amide bonds. The molecule has 0 aliphatic rings. The number of halogens is 1. The molecule has 6 heteroatoms. The molecule has 0 aromatic carbocycles. The Balaban J connectivity index is 0.00000289. The van der Waals surface area contributed by atoms with Crippen LogP contribution in [-0.2, 0) is 7.05 Å². The summed E-state index contributed by atoms with van der Waals surface area (Å²) in [7, 11) is 1.80. The maximum Gasteiger partial charge on any atom is 0.270 e. The summed E-state index contributed by atoms with van der Waals surface area (Å²) in [5.74, 6) is 0.356. The first-order chi connectivity index (χ1) is 7.88. The van der Waals surface area contributed by atoms with Crippen LogP contribution in [0.3, 0.4) is 0 Å². The van der Waals surface area contributed by atoms with Gasteiger partial charge in [-0.15, -0.1) is 12.4 Å². The van der Waals surface area contributed by atoms with Gasteiger partial charge in [-0.05, 0) is 19.3 Å². The number of rotatable bonds is 5. The van der Waals surface area contributed by atoms with Gasteiger partial charge in [-0.25, -0.2) is 4.98 Å². The van der Waals surface area contributed by atoms with E-state index < -0.39 is 0 Å². The van der Waals surface area contributed by atoms with Gasteiger partial charge in [-0.3, -0.25) is 4.79 Å². The van der Waals surface area contributed by atoms with Crippen molar-refractivity contribution in [3.63, 3.8) is 0 Å². The maximum absolute atomic E-state index is 12.1. The minimum atomic E-state index is -0.366. The first kappa shape index (κ1) is 16.9. The molecule has 1 rings (SSSR count). The van der Waals surface area contributed by atoms with E-state index in [4.69, 9.17) is 5.73 Å². The molecule has 0 radical (unpaired) electrons. The van der Waals surface area contributed by atoms with Crippen LogP contribution in [0.5, 0.6) is 0 Å². The van der Waals surface area contributed by atoms with Crippen molar-refractivity contribution in [3.8, 4) is 0 Å². The number of nitrogens with zero attached hydrogens (tertiary/aromatic N) is 2. The van der Waals surface area contributed by atoms with E-state index in [0.29, 0.717) is 18.2 Å². The highest BCUT2D eigenvalue weighted by molar-refractivity contribution is 5.92. The van der Waals surface area contributed by atoms with E-state index in [2.05, 4.69) is 24.1 Å². The lowest BCUT2D eigenvalue weighted by Crippen LogP contribution is -2.52. The Labute approximate surface area is 115 Å². The summed E-state index contributed by atoms with van der Waals surface area (Å²) in [4.78, 5) is 16.0. The number of aryl methyl sites for hydroxylation is 1. The third-order valence-electron chi connectivity index (χ3n) is 2.77.